The Kier molecular flexibility index (Phi) is 4.99. The predicted molar refractivity (Wildman–Crippen MR) is 93.9 cm³/mol. The van der Waals surface area contributed by atoms with Crippen LogP contribution in [0, 0.1) is 5.92 Å². The molecule has 1 atom stereocenters. The van der Waals surface area contributed by atoms with Crippen LogP contribution in [0.15, 0.2) is 24.3 Å². The van der Waals surface area contributed by atoms with Crippen molar-refractivity contribution in [2.75, 3.05) is 19.6 Å². The van der Waals surface area contributed by atoms with Crippen molar-refractivity contribution in [3.8, 4) is 0 Å². The maximum Gasteiger partial charge on any atom is 0.314 e. The van der Waals surface area contributed by atoms with Crippen molar-refractivity contribution in [1.29, 1.82) is 0 Å². The van der Waals surface area contributed by atoms with E-state index in [1.807, 2.05) is 12.1 Å². The largest absolute Gasteiger partial charge is 0.355 e. The van der Waals surface area contributed by atoms with E-state index in [0.717, 1.165) is 30.7 Å². The van der Waals surface area contributed by atoms with Crippen LogP contribution in [0.1, 0.15) is 37.7 Å². The second-order valence-electron chi connectivity index (χ2n) is 6.98. The van der Waals surface area contributed by atoms with Crippen molar-refractivity contribution < 1.29 is 9.59 Å². The molecule has 1 unspecified atom stereocenters. The Morgan fingerprint density at radius 1 is 1.25 bits per heavy atom. The monoisotopic (exact) mass is 349 g/mol. The molecule has 1 heterocycles. The van der Waals surface area contributed by atoms with E-state index < -0.39 is 6.03 Å². The number of carbonyl (C=O) groups excluding carboxylic acids is 2. The number of benzene rings is 1. The lowest BCUT2D eigenvalue weighted by Crippen LogP contribution is -2.50. The van der Waals surface area contributed by atoms with Crippen LogP contribution in [0.5, 0.6) is 0 Å². The molecule has 0 radical (unpaired) electrons. The number of hydrogen-bond donors (Lipinski definition) is 2. The van der Waals surface area contributed by atoms with Gasteiger partial charge in [-0.05, 0) is 43.4 Å². The van der Waals surface area contributed by atoms with E-state index in [0.29, 0.717) is 19.6 Å². The molecule has 3 rings (SSSR count). The third kappa shape index (κ3) is 3.51. The topological polar surface area (TPSA) is 75.4 Å². The summed E-state index contributed by atoms with van der Waals surface area (Å²) in [5.41, 5.74) is 6.60. The molecule has 3 N–H and O–H groups in total. The molecule has 6 heteroatoms. The molecule has 2 aliphatic rings. The summed E-state index contributed by atoms with van der Waals surface area (Å²) in [6, 6.07) is 7.49. The number of halogens is 1. The summed E-state index contributed by atoms with van der Waals surface area (Å²) in [6.07, 6.45) is 4.96. The van der Waals surface area contributed by atoms with Gasteiger partial charge in [0, 0.05) is 30.1 Å². The summed E-state index contributed by atoms with van der Waals surface area (Å²) in [6.45, 7) is 1.71. The highest BCUT2D eigenvalue weighted by Crippen LogP contribution is 2.43. The van der Waals surface area contributed by atoms with Gasteiger partial charge in [-0.2, -0.15) is 0 Å². The molecular weight excluding hydrogens is 326 g/mol. The summed E-state index contributed by atoms with van der Waals surface area (Å²) in [4.78, 5) is 25.4. The molecule has 1 aliphatic heterocycles. The van der Waals surface area contributed by atoms with E-state index in [9.17, 15) is 9.59 Å². The number of hydrogen-bond acceptors (Lipinski definition) is 2. The van der Waals surface area contributed by atoms with Gasteiger partial charge in [0.2, 0.25) is 5.91 Å². The molecule has 1 aromatic carbocycles. The van der Waals surface area contributed by atoms with Crippen molar-refractivity contribution in [3.05, 3.63) is 34.9 Å². The Morgan fingerprint density at radius 3 is 2.54 bits per heavy atom. The number of urea groups is 1. The molecule has 5 nitrogen and oxygen atoms in total. The van der Waals surface area contributed by atoms with E-state index in [1.54, 1.807) is 4.90 Å². The Bertz CT molecular complexity index is 613. The zero-order valence-electron chi connectivity index (χ0n) is 13.8. The first-order chi connectivity index (χ1) is 11.5. The summed E-state index contributed by atoms with van der Waals surface area (Å²) in [7, 11) is 0. The van der Waals surface area contributed by atoms with Crippen LogP contribution in [0.3, 0.4) is 0 Å². The van der Waals surface area contributed by atoms with E-state index in [4.69, 9.17) is 17.3 Å². The molecule has 130 valence electrons. The number of nitrogens with one attached hydrogen (secondary N) is 1. The molecule has 1 saturated heterocycles. The van der Waals surface area contributed by atoms with Gasteiger partial charge in [0.25, 0.3) is 0 Å². The smallest absolute Gasteiger partial charge is 0.314 e. The fourth-order valence-electron chi connectivity index (χ4n) is 3.77. The minimum atomic E-state index is -0.441. The standard InChI is InChI=1S/C18H24ClN3O2/c19-15-6-4-14(5-7-15)18(8-2-9-18)12-21-16(23)13-3-1-10-22(11-13)17(20)24/h4-7,13H,1-3,8-12H2,(H2,20,24)(H,21,23). The van der Waals surface area contributed by atoms with Gasteiger partial charge >= 0.3 is 6.03 Å². The number of nitrogens with zero attached hydrogens (tertiary/aromatic N) is 1. The van der Waals surface area contributed by atoms with Gasteiger partial charge < -0.3 is 16.0 Å². The lowest BCUT2D eigenvalue weighted by Gasteiger charge is -2.43. The highest BCUT2D eigenvalue weighted by atomic mass is 35.5. The fraction of sp³-hybridized carbons (Fsp3) is 0.556. The second-order valence-corrected chi connectivity index (χ2v) is 7.42. The van der Waals surface area contributed by atoms with Gasteiger partial charge in [0.05, 0.1) is 5.92 Å². The predicted octanol–water partition coefficient (Wildman–Crippen LogP) is 2.67. The molecule has 1 aliphatic carbocycles. The molecule has 1 aromatic rings. The Morgan fingerprint density at radius 2 is 1.96 bits per heavy atom. The molecule has 1 saturated carbocycles. The molecular formula is C18H24ClN3O2. The summed E-state index contributed by atoms with van der Waals surface area (Å²) < 4.78 is 0. The summed E-state index contributed by atoms with van der Waals surface area (Å²) in [5, 5.41) is 3.84. The average molecular weight is 350 g/mol. The van der Waals surface area contributed by atoms with E-state index in [2.05, 4.69) is 17.4 Å². The first-order valence-corrected chi connectivity index (χ1v) is 8.96. The third-order valence-electron chi connectivity index (χ3n) is 5.47. The maximum atomic E-state index is 12.5. The fourth-order valence-corrected chi connectivity index (χ4v) is 3.89. The summed E-state index contributed by atoms with van der Waals surface area (Å²) in [5.74, 6) is -0.130. The van der Waals surface area contributed by atoms with Crippen LogP contribution < -0.4 is 11.1 Å². The van der Waals surface area contributed by atoms with Gasteiger partial charge in [-0.15, -0.1) is 0 Å². The van der Waals surface area contributed by atoms with Crippen LogP contribution in [0.4, 0.5) is 4.79 Å². The third-order valence-corrected chi connectivity index (χ3v) is 5.72. The highest BCUT2D eigenvalue weighted by molar-refractivity contribution is 6.30. The Labute approximate surface area is 147 Å². The molecule has 3 amide bonds. The maximum absolute atomic E-state index is 12.5. The average Bonchev–Trinajstić information content (AvgIpc) is 2.55. The number of likely N-dealkylation sites (tertiary alicyclic amines) is 1. The highest BCUT2D eigenvalue weighted by Gasteiger charge is 2.39. The van der Waals surface area contributed by atoms with Crippen LogP contribution in [0.25, 0.3) is 0 Å². The normalized spacial score (nSPS) is 22.5. The van der Waals surface area contributed by atoms with Gasteiger partial charge in [0.1, 0.15) is 0 Å². The van der Waals surface area contributed by atoms with Crippen LogP contribution in [-0.4, -0.2) is 36.5 Å². The number of amides is 3. The van der Waals surface area contributed by atoms with E-state index in [-0.39, 0.29) is 17.2 Å². The van der Waals surface area contributed by atoms with Crippen molar-refractivity contribution >= 4 is 23.5 Å². The Balaban J connectivity index is 1.60. The van der Waals surface area contributed by atoms with Crippen molar-refractivity contribution in [2.45, 2.75) is 37.5 Å². The lowest BCUT2D eigenvalue weighted by molar-refractivity contribution is -0.126. The van der Waals surface area contributed by atoms with Crippen LogP contribution >= 0.6 is 11.6 Å². The molecule has 24 heavy (non-hydrogen) atoms. The first kappa shape index (κ1) is 17.1. The number of carbonyl (C=O) groups is 2. The molecule has 2 fully saturated rings. The van der Waals surface area contributed by atoms with Crippen molar-refractivity contribution in [1.82, 2.24) is 10.2 Å². The molecule has 0 spiro atoms. The zero-order valence-corrected chi connectivity index (χ0v) is 14.5. The van der Waals surface area contributed by atoms with Gasteiger partial charge in [-0.1, -0.05) is 30.2 Å². The van der Waals surface area contributed by atoms with Gasteiger partial charge in [-0.3, -0.25) is 4.79 Å². The van der Waals surface area contributed by atoms with Gasteiger partial charge in [0.15, 0.2) is 0 Å². The second kappa shape index (κ2) is 7.01. The van der Waals surface area contributed by atoms with Crippen molar-refractivity contribution in [2.24, 2.45) is 11.7 Å². The van der Waals surface area contributed by atoms with Gasteiger partial charge in [-0.25, -0.2) is 4.79 Å². The quantitative estimate of drug-likeness (QED) is 0.876. The lowest BCUT2D eigenvalue weighted by atomic mass is 9.64. The first-order valence-electron chi connectivity index (χ1n) is 8.58. The minimum absolute atomic E-state index is 0.0261. The van der Waals surface area contributed by atoms with E-state index >= 15 is 0 Å². The molecule has 0 bridgehead atoms. The van der Waals surface area contributed by atoms with E-state index in [1.165, 1.54) is 12.0 Å². The Hall–Kier alpha value is -1.75. The molecule has 0 aromatic heterocycles. The van der Waals surface area contributed by atoms with Crippen LogP contribution in [0.2, 0.25) is 5.02 Å². The zero-order chi connectivity index (χ0) is 17.2. The number of primary amides is 1. The number of piperidine rings is 1. The SMILES string of the molecule is NC(=O)N1CCCC(C(=O)NCC2(c3ccc(Cl)cc3)CCC2)C1. The van der Waals surface area contributed by atoms with Crippen LogP contribution in [-0.2, 0) is 10.2 Å². The minimum Gasteiger partial charge on any atom is -0.355 e. The summed E-state index contributed by atoms with van der Waals surface area (Å²) >= 11 is 5.98. The number of nitrogens with two attached hydrogens (primary N) is 1. The van der Waals surface area contributed by atoms with Crippen molar-refractivity contribution in [3.63, 3.8) is 0 Å². The number of rotatable bonds is 4.